The van der Waals surface area contributed by atoms with Crippen molar-refractivity contribution < 1.29 is 18.0 Å². The Morgan fingerprint density at radius 2 is 1.85 bits per heavy atom. The summed E-state index contributed by atoms with van der Waals surface area (Å²) in [5.74, 6) is -0.537. The molecule has 3 nitrogen and oxygen atoms in total. The zero-order chi connectivity index (χ0) is 19.6. The smallest absolute Gasteiger partial charge is 0.349 e. The van der Waals surface area contributed by atoms with Gasteiger partial charge < -0.3 is 10.6 Å². The van der Waals surface area contributed by atoms with Crippen molar-refractivity contribution in [3.63, 3.8) is 0 Å². The summed E-state index contributed by atoms with van der Waals surface area (Å²) in [6, 6.07) is 12.9. The van der Waals surface area contributed by atoms with Crippen LogP contribution in [-0.4, -0.2) is 19.0 Å². The van der Waals surface area contributed by atoms with Gasteiger partial charge in [-0.15, -0.1) is 0 Å². The topological polar surface area (TPSA) is 41.1 Å². The van der Waals surface area contributed by atoms with Gasteiger partial charge in [-0.05, 0) is 37.1 Å². The molecule has 3 atom stereocenters. The molecule has 3 rings (SSSR count). The van der Waals surface area contributed by atoms with E-state index in [0.29, 0.717) is 13.1 Å². The van der Waals surface area contributed by atoms with Crippen LogP contribution in [0, 0.1) is 12.8 Å². The van der Waals surface area contributed by atoms with E-state index < -0.39 is 11.7 Å². The van der Waals surface area contributed by atoms with Crippen molar-refractivity contribution in [2.45, 2.75) is 32.0 Å². The van der Waals surface area contributed by atoms with E-state index in [9.17, 15) is 18.0 Å². The lowest BCUT2D eigenvalue weighted by Gasteiger charge is -2.22. The van der Waals surface area contributed by atoms with Gasteiger partial charge in [-0.25, -0.2) is 0 Å². The minimum atomic E-state index is -4.35. The molecule has 1 aliphatic heterocycles. The molecule has 2 N–H and O–H groups in total. The van der Waals surface area contributed by atoms with Gasteiger partial charge >= 0.3 is 6.18 Å². The minimum Gasteiger partial charge on any atom is -0.349 e. The van der Waals surface area contributed by atoms with Gasteiger partial charge in [-0.2, -0.15) is 13.2 Å². The van der Waals surface area contributed by atoms with Gasteiger partial charge in [0.2, 0.25) is 5.91 Å². The zero-order valence-electron chi connectivity index (χ0n) is 15.3. The van der Waals surface area contributed by atoms with E-state index in [1.54, 1.807) is 0 Å². The first kappa shape index (κ1) is 19.4. The van der Waals surface area contributed by atoms with Crippen LogP contribution in [0.15, 0.2) is 48.5 Å². The zero-order valence-corrected chi connectivity index (χ0v) is 15.3. The summed E-state index contributed by atoms with van der Waals surface area (Å²) >= 11 is 0. The Bertz CT molecular complexity index is 802. The van der Waals surface area contributed by atoms with Gasteiger partial charge in [-0.3, -0.25) is 4.79 Å². The number of nitrogens with one attached hydrogen (secondary N) is 2. The van der Waals surface area contributed by atoms with Crippen molar-refractivity contribution in [3.8, 4) is 0 Å². The molecule has 0 aliphatic carbocycles. The van der Waals surface area contributed by atoms with Crippen molar-refractivity contribution in [1.29, 1.82) is 0 Å². The predicted octanol–water partition coefficient (Wildman–Crippen LogP) is 4.19. The maximum atomic E-state index is 12.8. The summed E-state index contributed by atoms with van der Waals surface area (Å²) in [4.78, 5) is 12.8. The number of halogens is 3. The van der Waals surface area contributed by atoms with Gasteiger partial charge in [0.05, 0.1) is 17.5 Å². The molecule has 0 saturated carbocycles. The van der Waals surface area contributed by atoms with E-state index in [1.165, 1.54) is 12.1 Å². The molecule has 1 aliphatic rings. The van der Waals surface area contributed by atoms with Crippen LogP contribution in [0.3, 0.4) is 0 Å². The summed E-state index contributed by atoms with van der Waals surface area (Å²) in [5.41, 5.74) is 2.22. The third kappa shape index (κ3) is 4.50. The third-order valence-electron chi connectivity index (χ3n) is 5.12. The van der Waals surface area contributed by atoms with E-state index in [-0.39, 0.29) is 23.8 Å². The number of amides is 1. The van der Waals surface area contributed by atoms with Crippen molar-refractivity contribution >= 4 is 5.91 Å². The maximum absolute atomic E-state index is 12.8. The van der Waals surface area contributed by atoms with Gasteiger partial charge in [0, 0.05) is 19.0 Å². The Morgan fingerprint density at radius 3 is 2.48 bits per heavy atom. The number of carbonyl (C=O) groups excluding carboxylic acids is 1. The Labute approximate surface area is 157 Å². The highest BCUT2D eigenvalue weighted by Crippen LogP contribution is 2.33. The van der Waals surface area contributed by atoms with Gasteiger partial charge in [0.25, 0.3) is 0 Å². The first-order valence-electron chi connectivity index (χ1n) is 9.00. The fraction of sp³-hybridized carbons (Fsp3) is 0.381. The Morgan fingerprint density at radius 1 is 1.15 bits per heavy atom. The number of hydrogen-bond acceptors (Lipinski definition) is 2. The van der Waals surface area contributed by atoms with E-state index in [0.717, 1.165) is 28.8 Å². The van der Waals surface area contributed by atoms with Crippen LogP contribution in [0.5, 0.6) is 0 Å². The lowest BCUT2D eigenvalue weighted by Crippen LogP contribution is -2.36. The maximum Gasteiger partial charge on any atom is 0.416 e. The molecule has 2 aromatic rings. The quantitative estimate of drug-likeness (QED) is 0.840. The summed E-state index contributed by atoms with van der Waals surface area (Å²) in [6.45, 7) is 5.02. The molecule has 144 valence electrons. The Hall–Kier alpha value is -2.34. The summed E-state index contributed by atoms with van der Waals surface area (Å²) in [7, 11) is 0. The van der Waals surface area contributed by atoms with Crippen LogP contribution in [-0.2, 0) is 11.0 Å². The molecule has 1 heterocycles. The number of alkyl halides is 3. The van der Waals surface area contributed by atoms with Gasteiger partial charge in [0.1, 0.15) is 0 Å². The summed E-state index contributed by atoms with van der Waals surface area (Å²) in [5, 5.41) is 6.23. The molecule has 3 unspecified atom stereocenters. The highest BCUT2D eigenvalue weighted by molar-refractivity contribution is 5.81. The lowest BCUT2D eigenvalue weighted by molar-refractivity contribution is -0.137. The second-order valence-corrected chi connectivity index (χ2v) is 7.14. The molecule has 1 saturated heterocycles. The molecule has 1 amide bonds. The summed E-state index contributed by atoms with van der Waals surface area (Å²) in [6.07, 6.45) is -4.35. The normalized spacial score (nSPS) is 21.1. The molecule has 0 aromatic heterocycles. The molecule has 6 heteroatoms. The molecule has 1 fully saturated rings. The Balaban J connectivity index is 1.71. The largest absolute Gasteiger partial charge is 0.416 e. The van der Waals surface area contributed by atoms with Crippen molar-refractivity contribution in [2.75, 3.05) is 13.1 Å². The standard InChI is InChI=1S/C21H23F3N2O/c1-13-4-3-5-16(10-13)14(2)26-20(27)19-12-25-11-18(19)15-6-8-17(9-7-15)21(22,23)24/h3-10,14,18-19,25H,11-12H2,1-2H3,(H,26,27). The monoisotopic (exact) mass is 376 g/mol. The van der Waals surface area contributed by atoms with E-state index in [4.69, 9.17) is 0 Å². The number of carbonyl (C=O) groups is 1. The van der Waals surface area contributed by atoms with Gasteiger partial charge in [-0.1, -0.05) is 42.0 Å². The fourth-order valence-corrected chi connectivity index (χ4v) is 3.57. The fourth-order valence-electron chi connectivity index (χ4n) is 3.57. The van der Waals surface area contributed by atoms with Crippen LogP contribution >= 0.6 is 0 Å². The van der Waals surface area contributed by atoms with E-state index in [2.05, 4.69) is 10.6 Å². The van der Waals surface area contributed by atoms with Crippen molar-refractivity contribution in [2.24, 2.45) is 5.92 Å². The molecular weight excluding hydrogens is 353 g/mol. The molecule has 27 heavy (non-hydrogen) atoms. The number of rotatable bonds is 4. The van der Waals surface area contributed by atoms with E-state index >= 15 is 0 Å². The van der Waals surface area contributed by atoms with Gasteiger partial charge in [0.15, 0.2) is 0 Å². The average molecular weight is 376 g/mol. The SMILES string of the molecule is Cc1cccc(C(C)NC(=O)C2CNCC2c2ccc(C(F)(F)F)cc2)c1. The van der Waals surface area contributed by atoms with Crippen LogP contribution < -0.4 is 10.6 Å². The molecule has 0 bridgehead atoms. The van der Waals surface area contributed by atoms with Crippen molar-refractivity contribution in [1.82, 2.24) is 10.6 Å². The molecule has 0 radical (unpaired) electrons. The molecule has 2 aromatic carbocycles. The highest BCUT2D eigenvalue weighted by atomic mass is 19.4. The number of aryl methyl sites for hydroxylation is 1. The van der Waals surface area contributed by atoms with Crippen LogP contribution in [0.25, 0.3) is 0 Å². The molecular formula is C21H23F3N2O. The first-order valence-corrected chi connectivity index (χ1v) is 9.00. The average Bonchev–Trinajstić information content (AvgIpc) is 3.11. The number of benzene rings is 2. The third-order valence-corrected chi connectivity index (χ3v) is 5.12. The lowest BCUT2D eigenvalue weighted by atomic mass is 9.87. The highest BCUT2D eigenvalue weighted by Gasteiger charge is 2.35. The van der Waals surface area contributed by atoms with Crippen LogP contribution in [0.4, 0.5) is 13.2 Å². The van der Waals surface area contributed by atoms with Crippen LogP contribution in [0.1, 0.15) is 41.1 Å². The summed E-state index contributed by atoms with van der Waals surface area (Å²) < 4.78 is 38.3. The first-order chi connectivity index (χ1) is 12.8. The second-order valence-electron chi connectivity index (χ2n) is 7.14. The van der Waals surface area contributed by atoms with Crippen molar-refractivity contribution in [3.05, 3.63) is 70.8 Å². The minimum absolute atomic E-state index is 0.0843. The Kier molecular flexibility index (Phi) is 5.56. The van der Waals surface area contributed by atoms with Crippen LogP contribution in [0.2, 0.25) is 0 Å². The van der Waals surface area contributed by atoms with E-state index in [1.807, 2.05) is 38.1 Å². The number of hydrogen-bond donors (Lipinski definition) is 2. The molecule has 0 spiro atoms. The predicted molar refractivity (Wildman–Crippen MR) is 98.3 cm³/mol. The second kappa shape index (κ2) is 7.72.